The van der Waals surface area contributed by atoms with E-state index < -0.39 is 0 Å². The zero-order chi connectivity index (χ0) is 13.2. The molecule has 0 unspecified atom stereocenters. The van der Waals surface area contributed by atoms with Crippen molar-refractivity contribution in [1.82, 2.24) is 4.98 Å². The van der Waals surface area contributed by atoms with Gasteiger partial charge in [0.05, 0.1) is 0 Å². The van der Waals surface area contributed by atoms with Crippen LogP contribution in [0.15, 0.2) is 0 Å². The molecule has 1 fully saturated rings. The van der Waals surface area contributed by atoms with E-state index in [2.05, 4.69) is 16.9 Å². The minimum atomic E-state index is 0.225. The van der Waals surface area contributed by atoms with Crippen molar-refractivity contribution in [3.05, 3.63) is 10.6 Å². The second-order valence-electron chi connectivity index (χ2n) is 5.48. The fourth-order valence-corrected chi connectivity index (χ4v) is 3.90. The largest absolute Gasteiger partial charge is 0.381 e. The van der Waals surface area contributed by atoms with Crippen LogP contribution in [0.25, 0.3) is 0 Å². The standard InChI is InChI=1S/C14H20N2O2S/c1-16(9-10-5-7-18-8-6-10)14-15-13-11(17)3-2-4-12(13)19-14/h10H,2-9H2,1H3. The van der Waals surface area contributed by atoms with Crippen LogP contribution in [0.4, 0.5) is 5.13 Å². The van der Waals surface area contributed by atoms with Gasteiger partial charge in [-0.25, -0.2) is 4.98 Å². The quantitative estimate of drug-likeness (QED) is 0.853. The van der Waals surface area contributed by atoms with Crippen molar-refractivity contribution in [2.24, 2.45) is 5.92 Å². The molecule has 3 rings (SSSR count). The summed E-state index contributed by atoms with van der Waals surface area (Å²) in [7, 11) is 2.09. The van der Waals surface area contributed by atoms with Crippen LogP contribution < -0.4 is 4.90 Å². The summed E-state index contributed by atoms with van der Waals surface area (Å²) in [4.78, 5) is 19.8. The number of nitrogens with zero attached hydrogens (tertiary/aromatic N) is 2. The number of hydrogen-bond donors (Lipinski definition) is 0. The first-order valence-corrected chi connectivity index (χ1v) is 7.87. The molecule has 2 heterocycles. The van der Waals surface area contributed by atoms with E-state index in [0.717, 1.165) is 56.3 Å². The molecule has 0 atom stereocenters. The Morgan fingerprint density at radius 3 is 2.89 bits per heavy atom. The number of aryl methyl sites for hydroxylation is 1. The molecule has 0 amide bonds. The number of rotatable bonds is 3. The van der Waals surface area contributed by atoms with Gasteiger partial charge in [-0.1, -0.05) is 0 Å². The van der Waals surface area contributed by atoms with Gasteiger partial charge in [0, 0.05) is 38.1 Å². The van der Waals surface area contributed by atoms with Gasteiger partial charge in [0.2, 0.25) is 0 Å². The maximum Gasteiger partial charge on any atom is 0.185 e. The SMILES string of the molecule is CN(CC1CCOCC1)c1nc2c(s1)CCCC2=O. The molecule has 104 valence electrons. The third-order valence-electron chi connectivity index (χ3n) is 3.96. The van der Waals surface area contributed by atoms with Crippen molar-refractivity contribution in [2.75, 3.05) is 31.7 Å². The van der Waals surface area contributed by atoms with Gasteiger partial charge >= 0.3 is 0 Å². The Morgan fingerprint density at radius 1 is 1.37 bits per heavy atom. The molecule has 0 bridgehead atoms. The van der Waals surface area contributed by atoms with Gasteiger partial charge in [0.15, 0.2) is 10.9 Å². The van der Waals surface area contributed by atoms with E-state index in [-0.39, 0.29) is 5.78 Å². The number of ether oxygens (including phenoxy) is 1. The van der Waals surface area contributed by atoms with Gasteiger partial charge < -0.3 is 9.64 Å². The van der Waals surface area contributed by atoms with E-state index in [4.69, 9.17) is 4.74 Å². The first kappa shape index (κ1) is 13.1. The van der Waals surface area contributed by atoms with Crippen LogP contribution in [0, 0.1) is 5.92 Å². The van der Waals surface area contributed by atoms with E-state index in [9.17, 15) is 4.79 Å². The molecule has 1 aromatic rings. The Kier molecular flexibility index (Phi) is 3.84. The maximum absolute atomic E-state index is 11.8. The number of carbonyl (C=O) groups excluding carboxylic acids is 1. The lowest BCUT2D eigenvalue weighted by molar-refractivity contribution is 0.0685. The lowest BCUT2D eigenvalue weighted by Gasteiger charge is -2.26. The van der Waals surface area contributed by atoms with E-state index in [1.165, 1.54) is 4.88 Å². The lowest BCUT2D eigenvalue weighted by Crippen LogP contribution is -2.29. The maximum atomic E-state index is 11.8. The third kappa shape index (κ3) is 2.82. The van der Waals surface area contributed by atoms with Gasteiger partial charge in [-0.3, -0.25) is 4.79 Å². The Balaban J connectivity index is 1.69. The fourth-order valence-electron chi connectivity index (χ4n) is 2.81. The van der Waals surface area contributed by atoms with Crippen LogP contribution >= 0.6 is 11.3 Å². The molecule has 1 saturated heterocycles. The van der Waals surface area contributed by atoms with Crippen molar-refractivity contribution >= 4 is 22.3 Å². The Bertz CT molecular complexity index is 466. The fraction of sp³-hybridized carbons (Fsp3) is 0.714. The topological polar surface area (TPSA) is 42.4 Å². The molecule has 1 aromatic heterocycles. The molecule has 0 saturated carbocycles. The molecule has 2 aliphatic rings. The van der Waals surface area contributed by atoms with E-state index in [1.807, 2.05) is 0 Å². The molecular weight excluding hydrogens is 260 g/mol. The van der Waals surface area contributed by atoms with E-state index in [0.29, 0.717) is 12.3 Å². The summed E-state index contributed by atoms with van der Waals surface area (Å²) in [5.74, 6) is 0.915. The van der Waals surface area contributed by atoms with Gasteiger partial charge in [0.1, 0.15) is 5.69 Å². The summed E-state index contributed by atoms with van der Waals surface area (Å²) in [5.41, 5.74) is 0.741. The molecule has 0 radical (unpaired) electrons. The zero-order valence-corrected chi connectivity index (χ0v) is 12.2. The highest BCUT2D eigenvalue weighted by molar-refractivity contribution is 7.16. The number of ketones is 1. The second-order valence-corrected chi connectivity index (χ2v) is 6.54. The predicted octanol–water partition coefficient (Wildman–Crippen LogP) is 2.52. The first-order valence-electron chi connectivity index (χ1n) is 7.06. The normalized spacial score (nSPS) is 20.4. The van der Waals surface area contributed by atoms with Crippen molar-refractivity contribution in [3.63, 3.8) is 0 Å². The molecule has 0 aromatic carbocycles. The summed E-state index contributed by atoms with van der Waals surface area (Å²) in [5, 5.41) is 1.01. The number of hydrogen-bond acceptors (Lipinski definition) is 5. The lowest BCUT2D eigenvalue weighted by atomic mass is 10.0. The predicted molar refractivity (Wildman–Crippen MR) is 76.2 cm³/mol. The highest BCUT2D eigenvalue weighted by atomic mass is 32.1. The minimum absolute atomic E-state index is 0.225. The molecule has 0 spiro atoms. The number of aromatic nitrogens is 1. The van der Waals surface area contributed by atoms with Gasteiger partial charge in [-0.15, -0.1) is 11.3 Å². The van der Waals surface area contributed by atoms with Gasteiger partial charge in [-0.05, 0) is 31.6 Å². The number of thiazole rings is 1. The number of anilines is 1. The summed E-state index contributed by atoms with van der Waals surface area (Å²) in [6.45, 7) is 2.78. The highest BCUT2D eigenvalue weighted by Crippen LogP contribution is 2.32. The summed E-state index contributed by atoms with van der Waals surface area (Å²) in [6, 6.07) is 0. The van der Waals surface area contributed by atoms with Gasteiger partial charge in [0.25, 0.3) is 0 Å². The Hall–Kier alpha value is -0.940. The monoisotopic (exact) mass is 280 g/mol. The third-order valence-corrected chi connectivity index (χ3v) is 5.19. The van der Waals surface area contributed by atoms with Crippen LogP contribution in [0.2, 0.25) is 0 Å². The highest BCUT2D eigenvalue weighted by Gasteiger charge is 2.24. The molecule has 1 aliphatic heterocycles. The Morgan fingerprint density at radius 2 is 2.16 bits per heavy atom. The molecule has 5 heteroatoms. The molecule has 19 heavy (non-hydrogen) atoms. The molecule has 1 aliphatic carbocycles. The smallest absolute Gasteiger partial charge is 0.185 e. The summed E-state index contributed by atoms with van der Waals surface area (Å²) >= 11 is 1.70. The summed E-state index contributed by atoms with van der Waals surface area (Å²) < 4.78 is 5.39. The molecular formula is C14H20N2O2S. The van der Waals surface area contributed by atoms with Crippen molar-refractivity contribution in [1.29, 1.82) is 0 Å². The number of carbonyl (C=O) groups is 1. The average Bonchev–Trinajstić information content (AvgIpc) is 2.85. The van der Waals surface area contributed by atoms with Crippen LogP contribution in [-0.2, 0) is 11.2 Å². The molecule has 0 N–H and O–H groups in total. The Labute approximate surface area is 117 Å². The first-order chi connectivity index (χ1) is 9.24. The molecule has 4 nitrogen and oxygen atoms in total. The van der Waals surface area contributed by atoms with Crippen molar-refractivity contribution in [3.8, 4) is 0 Å². The number of fused-ring (bicyclic) bond motifs is 1. The zero-order valence-electron chi connectivity index (χ0n) is 11.4. The van der Waals surface area contributed by atoms with Crippen molar-refractivity contribution in [2.45, 2.75) is 32.1 Å². The average molecular weight is 280 g/mol. The minimum Gasteiger partial charge on any atom is -0.381 e. The number of Topliss-reactive ketones (excluding diaryl/α,β-unsaturated/α-hetero) is 1. The van der Waals surface area contributed by atoms with E-state index in [1.54, 1.807) is 11.3 Å². The second kappa shape index (κ2) is 5.59. The van der Waals surface area contributed by atoms with Crippen LogP contribution in [0.1, 0.15) is 41.0 Å². The van der Waals surface area contributed by atoms with Crippen LogP contribution in [0.3, 0.4) is 0 Å². The van der Waals surface area contributed by atoms with Gasteiger partial charge in [-0.2, -0.15) is 0 Å². The van der Waals surface area contributed by atoms with Crippen molar-refractivity contribution < 1.29 is 9.53 Å². The summed E-state index contributed by atoms with van der Waals surface area (Å²) in [6.07, 6.45) is 4.93. The van der Waals surface area contributed by atoms with Crippen LogP contribution in [-0.4, -0.2) is 37.6 Å². The van der Waals surface area contributed by atoms with Crippen LogP contribution in [0.5, 0.6) is 0 Å². The van der Waals surface area contributed by atoms with E-state index >= 15 is 0 Å².